The van der Waals surface area contributed by atoms with Crippen LogP contribution >= 0.6 is 11.8 Å². The second kappa shape index (κ2) is 10.1. The molecule has 0 radical (unpaired) electrons. The summed E-state index contributed by atoms with van der Waals surface area (Å²) in [4.78, 5) is 30.9. The lowest BCUT2D eigenvalue weighted by Crippen LogP contribution is -2.26. The highest BCUT2D eigenvalue weighted by Gasteiger charge is 2.19. The first-order valence-electron chi connectivity index (χ1n) is 10.7. The third-order valence-electron chi connectivity index (χ3n) is 5.25. The Morgan fingerprint density at radius 2 is 1.91 bits per heavy atom. The van der Waals surface area contributed by atoms with E-state index in [0.717, 1.165) is 17.3 Å². The number of ether oxygens (including phenoxy) is 1. The zero-order valence-electron chi connectivity index (χ0n) is 19.0. The number of anilines is 1. The van der Waals surface area contributed by atoms with Crippen LogP contribution in [0.2, 0.25) is 0 Å². The molecule has 0 spiro atoms. The van der Waals surface area contributed by atoms with Gasteiger partial charge in [-0.25, -0.2) is 9.37 Å². The van der Waals surface area contributed by atoms with Crippen LogP contribution in [0, 0.1) is 12.7 Å². The minimum atomic E-state index is -0.355. The van der Waals surface area contributed by atoms with Gasteiger partial charge in [-0.1, -0.05) is 36.0 Å². The molecule has 2 aromatic carbocycles. The predicted octanol–water partition coefficient (Wildman–Crippen LogP) is 3.85. The molecule has 0 aliphatic heterocycles. The molecule has 0 atom stereocenters. The summed E-state index contributed by atoms with van der Waals surface area (Å²) in [5.41, 5.74) is 2.60. The summed E-state index contributed by atoms with van der Waals surface area (Å²) in [6, 6.07) is 13.1. The molecular formula is C24H24FN5O3S. The van der Waals surface area contributed by atoms with E-state index in [1.807, 2.05) is 13.0 Å². The van der Waals surface area contributed by atoms with Crippen molar-refractivity contribution < 1.29 is 13.9 Å². The molecule has 4 rings (SSSR count). The fourth-order valence-corrected chi connectivity index (χ4v) is 4.39. The molecule has 34 heavy (non-hydrogen) atoms. The van der Waals surface area contributed by atoms with Crippen molar-refractivity contribution in [3.63, 3.8) is 0 Å². The molecule has 0 aliphatic rings. The van der Waals surface area contributed by atoms with Crippen LogP contribution in [0.25, 0.3) is 11.0 Å². The topological polar surface area (TPSA) is 91.0 Å². The maximum Gasteiger partial charge on any atom is 0.280 e. The van der Waals surface area contributed by atoms with Crippen molar-refractivity contribution in [2.45, 2.75) is 32.1 Å². The standard InChI is InChI=1S/C24H24FN5O3S/c1-4-30-22-21(15(2)28-30)27-24(29(23(22)32)13-16-9-11-17(25)12-10-16)34-14-20(31)26-18-7-5-6-8-19(18)33-3/h5-12H,4,13-14H2,1-3H3,(H,26,31). The molecule has 0 saturated heterocycles. The first-order chi connectivity index (χ1) is 16.4. The summed E-state index contributed by atoms with van der Waals surface area (Å²) < 4.78 is 21.8. The number of aromatic nitrogens is 4. The van der Waals surface area contributed by atoms with Crippen LogP contribution in [0.4, 0.5) is 10.1 Å². The Balaban J connectivity index is 1.67. The number of aryl methyl sites for hydroxylation is 2. The van der Waals surface area contributed by atoms with E-state index in [1.54, 1.807) is 41.9 Å². The summed E-state index contributed by atoms with van der Waals surface area (Å²) in [6.07, 6.45) is 0. The maximum absolute atomic E-state index is 13.5. The van der Waals surface area contributed by atoms with Crippen molar-refractivity contribution >= 4 is 34.4 Å². The quantitative estimate of drug-likeness (QED) is 0.304. The molecule has 0 bridgehead atoms. The molecular weight excluding hydrogens is 457 g/mol. The monoisotopic (exact) mass is 481 g/mol. The predicted molar refractivity (Wildman–Crippen MR) is 130 cm³/mol. The van der Waals surface area contributed by atoms with Gasteiger partial charge in [-0.15, -0.1) is 0 Å². The number of nitrogens with zero attached hydrogens (tertiary/aromatic N) is 4. The molecule has 2 aromatic heterocycles. The molecule has 0 saturated carbocycles. The number of hydrogen-bond acceptors (Lipinski definition) is 6. The Kier molecular flexibility index (Phi) is 6.97. The van der Waals surface area contributed by atoms with E-state index in [9.17, 15) is 14.0 Å². The van der Waals surface area contributed by atoms with Gasteiger partial charge in [-0.3, -0.25) is 18.8 Å². The molecule has 0 unspecified atom stereocenters. The van der Waals surface area contributed by atoms with Crippen LogP contribution in [0.15, 0.2) is 58.5 Å². The van der Waals surface area contributed by atoms with E-state index in [-0.39, 0.29) is 29.6 Å². The fourth-order valence-electron chi connectivity index (χ4n) is 3.60. The normalized spacial score (nSPS) is 11.1. The van der Waals surface area contributed by atoms with Crippen molar-refractivity contribution in [1.29, 1.82) is 0 Å². The summed E-state index contributed by atoms with van der Waals surface area (Å²) in [7, 11) is 1.53. The van der Waals surface area contributed by atoms with Crippen LogP contribution in [0.3, 0.4) is 0 Å². The largest absolute Gasteiger partial charge is 0.495 e. The lowest BCUT2D eigenvalue weighted by molar-refractivity contribution is -0.113. The number of benzene rings is 2. The van der Waals surface area contributed by atoms with E-state index in [1.165, 1.54) is 23.8 Å². The van der Waals surface area contributed by atoms with Crippen LogP contribution in [0.1, 0.15) is 18.2 Å². The number of methoxy groups -OCH3 is 1. The highest BCUT2D eigenvalue weighted by molar-refractivity contribution is 7.99. The lowest BCUT2D eigenvalue weighted by Gasteiger charge is -2.13. The third kappa shape index (κ3) is 4.81. The van der Waals surface area contributed by atoms with E-state index < -0.39 is 0 Å². The van der Waals surface area contributed by atoms with Crippen molar-refractivity contribution in [3.05, 3.63) is 76.0 Å². The summed E-state index contributed by atoms with van der Waals surface area (Å²) in [5.74, 6) is -0.0401. The number of hydrogen-bond donors (Lipinski definition) is 1. The molecule has 10 heteroatoms. The average molecular weight is 482 g/mol. The van der Waals surface area contributed by atoms with Crippen LogP contribution in [0.5, 0.6) is 5.75 Å². The SMILES string of the molecule is CCn1nc(C)c2nc(SCC(=O)Nc3ccccc3OC)n(Cc3ccc(F)cc3)c(=O)c21. The van der Waals surface area contributed by atoms with Gasteiger partial charge in [0.05, 0.1) is 30.8 Å². The van der Waals surface area contributed by atoms with Crippen molar-refractivity contribution in [3.8, 4) is 5.75 Å². The number of thioether (sulfide) groups is 1. The van der Waals surface area contributed by atoms with Gasteiger partial charge >= 0.3 is 0 Å². The van der Waals surface area contributed by atoms with Crippen LogP contribution < -0.4 is 15.6 Å². The summed E-state index contributed by atoms with van der Waals surface area (Å²) in [5, 5.41) is 7.64. The van der Waals surface area contributed by atoms with Crippen LogP contribution in [-0.4, -0.2) is 38.1 Å². The molecule has 176 valence electrons. The summed E-state index contributed by atoms with van der Waals surface area (Å²) in [6.45, 7) is 4.41. The second-order valence-electron chi connectivity index (χ2n) is 7.55. The van der Waals surface area contributed by atoms with E-state index in [0.29, 0.717) is 39.9 Å². The van der Waals surface area contributed by atoms with E-state index in [2.05, 4.69) is 10.4 Å². The molecule has 2 heterocycles. The molecule has 1 amide bonds. The lowest BCUT2D eigenvalue weighted by atomic mass is 10.2. The first-order valence-corrected chi connectivity index (χ1v) is 11.7. The Bertz CT molecular complexity index is 1400. The van der Waals surface area contributed by atoms with Gasteiger partial charge in [-0.05, 0) is 43.7 Å². The number of fused-ring (bicyclic) bond motifs is 1. The van der Waals surface area contributed by atoms with E-state index >= 15 is 0 Å². The number of rotatable bonds is 8. The highest BCUT2D eigenvalue weighted by atomic mass is 32.2. The van der Waals surface area contributed by atoms with Crippen molar-refractivity contribution in [2.24, 2.45) is 0 Å². The molecule has 8 nitrogen and oxygen atoms in total. The van der Waals surface area contributed by atoms with Crippen molar-refractivity contribution in [2.75, 3.05) is 18.2 Å². The van der Waals surface area contributed by atoms with Gasteiger partial charge in [0.25, 0.3) is 5.56 Å². The van der Waals surface area contributed by atoms with Gasteiger partial charge in [0.15, 0.2) is 10.7 Å². The Labute approximate surface area is 199 Å². The minimum Gasteiger partial charge on any atom is -0.495 e. The summed E-state index contributed by atoms with van der Waals surface area (Å²) >= 11 is 1.15. The van der Waals surface area contributed by atoms with E-state index in [4.69, 9.17) is 9.72 Å². The van der Waals surface area contributed by atoms with Gasteiger partial charge in [0.1, 0.15) is 17.1 Å². The van der Waals surface area contributed by atoms with Gasteiger partial charge in [0.2, 0.25) is 5.91 Å². The zero-order chi connectivity index (χ0) is 24.2. The van der Waals surface area contributed by atoms with Crippen LogP contribution in [-0.2, 0) is 17.9 Å². The third-order valence-corrected chi connectivity index (χ3v) is 6.23. The maximum atomic E-state index is 13.5. The van der Waals surface area contributed by atoms with Gasteiger partial charge < -0.3 is 10.1 Å². The number of amides is 1. The van der Waals surface area contributed by atoms with Crippen molar-refractivity contribution in [1.82, 2.24) is 19.3 Å². The molecule has 0 aliphatic carbocycles. The fraction of sp³-hybridized carbons (Fsp3) is 0.250. The smallest absolute Gasteiger partial charge is 0.280 e. The number of carbonyl (C=O) groups is 1. The molecule has 0 fully saturated rings. The Morgan fingerprint density at radius 3 is 2.62 bits per heavy atom. The Hall–Kier alpha value is -3.66. The first kappa shape index (κ1) is 23.5. The highest BCUT2D eigenvalue weighted by Crippen LogP contribution is 2.25. The second-order valence-corrected chi connectivity index (χ2v) is 8.49. The number of carbonyl (C=O) groups excluding carboxylic acids is 1. The minimum absolute atomic E-state index is 0.0282. The molecule has 1 N–H and O–H groups in total. The van der Waals surface area contributed by atoms with Gasteiger partial charge in [-0.2, -0.15) is 5.10 Å². The van der Waals surface area contributed by atoms with Gasteiger partial charge in [0, 0.05) is 6.54 Å². The zero-order valence-corrected chi connectivity index (χ0v) is 19.9. The number of para-hydroxylation sites is 2. The number of nitrogens with one attached hydrogen (secondary N) is 1. The average Bonchev–Trinajstić information content (AvgIpc) is 3.17. The Morgan fingerprint density at radius 1 is 1.18 bits per heavy atom. The molecule has 4 aromatic rings. The number of halogens is 1.